The van der Waals surface area contributed by atoms with Crippen LogP contribution in [0, 0.1) is 5.92 Å². The summed E-state index contributed by atoms with van der Waals surface area (Å²) < 4.78 is 29.5. The second-order valence-electron chi connectivity index (χ2n) is 5.01. The molecule has 1 aromatic rings. The molecule has 0 aliphatic rings. The van der Waals surface area contributed by atoms with Crippen molar-refractivity contribution in [1.29, 1.82) is 0 Å². The quantitative estimate of drug-likeness (QED) is 0.580. The number of rotatable bonds is 8. The molecule has 1 heterocycles. The van der Waals surface area contributed by atoms with Crippen LogP contribution in [0.25, 0.3) is 0 Å². The van der Waals surface area contributed by atoms with E-state index in [0.717, 1.165) is 0 Å². The van der Waals surface area contributed by atoms with Crippen LogP contribution in [0.3, 0.4) is 0 Å². The fourth-order valence-electron chi connectivity index (χ4n) is 1.72. The van der Waals surface area contributed by atoms with Crippen LogP contribution in [0.2, 0.25) is 0 Å². The lowest BCUT2D eigenvalue weighted by Crippen LogP contribution is -2.29. The molecule has 0 atom stereocenters. The number of hydrogen-bond donors (Lipinski definition) is 1. The van der Waals surface area contributed by atoms with E-state index in [1.54, 1.807) is 4.57 Å². The van der Waals surface area contributed by atoms with Gasteiger partial charge in [0, 0.05) is 36.6 Å². The van der Waals surface area contributed by atoms with Crippen molar-refractivity contribution in [3.63, 3.8) is 0 Å². The van der Waals surface area contributed by atoms with Crippen LogP contribution in [-0.4, -0.2) is 38.7 Å². The summed E-state index contributed by atoms with van der Waals surface area (Å²) in [5.41, 5.74) is 0.264. The molecule has 0 aliphatic heterocycles. The zero-order valence-corrected chi connectivity index (χ0v) is 14.0. The Morgan fingerprint density at radius 1 is 1.48 bits per heavy atom. The molecule has 21 heavy (non-hydrogen) atoms. The van der Waals surface area contributed by atoms with Crippen molar-refractivity contribution in [1.82, 2.24) is 9.88 Å². The van der Waals surface area contributed by atoms with Crippen molar-refractivity contribution in [3.05, 3.63) is 18.0 Å². The van der Waals surface area contributed by atoms with Crippen molar-refractivity contribution in [3.8, 4) is 0 Å². The average Bonchev–Trinajstić information content (AvgIpc) is 2.81. The Hall–Kier alpha value is -1.05. The van der Waals surface area contributed by atoms with E-state index in [1.165, 1.54) is 12.3 Å². The number of carbonyl (C=O) groups is 1. The van der Waals surface area contributed by atoms with Crippen LogP contribution in [0.15, 0.2) is 17.2 Å². The molecule has 0 aromatic carbocycles. The van der Waals surface area contributed by atoms with Crippen LogP contribution in [0.5, 0.6) is 0 Å². The summed E-state index contributed by atoms with van der Waals surface area (Å²) in [5.74, 6) is 0.0890. The fraction of sp³-hybridized carbons (Fsp3) is 0.615. The molecule has 0 bridgehead atoms. The van der Waals surface area contributed by atoms with Crippen LogP contribution in [-0.2, 0) is 20.3 Å². The van der Waals surface area contributed by atoms with Gasteiger partial charge in [-0.3, -0.25) is 4.79 Å². The topological polar surface area (TPSA) is 77.4 Å². The van der Waals surface area contributed by atoms with Crippen LogP contribution < -0.4 is 5.32 Å². The van der Waals surface area contributed by atoms with Gasteiger partial charge < -0.3 is 14.6 Å². The van der Waals surface area contributed by atoms with Crippen molar-refractivity contribution >= 4 is 25.6 Å². The maximum absolute atomic E-state index is 12.0. The van der Waals surface area contributed by atoms with Gasteiger partial charge in [-0.1, -0.05) is 13.8 Å². The van der Waals surface area contributed by atoms with Gasteiger partial charge in [0.05, 0.1) is 6.61 Å². The van der Waals surface area contributed by atoms with Crippen LogP contribution >= 0.6 is 10.7 Å². The molecule has 0 saturated carbocycles. The molecule has 0 aliphatic carbocycles. The molecule has 120 valence electrons. The predicted octanol–water partition coefficient (Wildman–Crippen LogP) is 1.84. The summed E-state index contributed by atoms with van der Waals surface area (Å²) >= 11 is 0. The molecule has 0 spiro atoms. The Morgan fingerprint density at radius 3 is 2.67 bits per heavy atom. The van der Waals surface area contributed by atoms with Gasteiger partial charge in [0.2, 0.25) is 0 Å². The zero-order chi connectivity index (χ0) is 16.0. The molecule has 1 aromatic heterocycles. The van der Waals surface area contributed by atoms with Gasteiger partial charge in [0.25, 0.3) is 15.0 Å². The number of aromatic nitrogens is 1. The van der Waals surface area contributed by atoms with E-state index in [1.807, 2.05) is 20.8 Å². The van der Waals surface area contributed by atoms with Crippen LogP contribution in [0.1, 0.15) is 31.3 Å². The van der Waals surface area contributed by atoms with E-state index in [-0.39, 0.29) is 16.5 Å². The number of aryl methyl sites for hydroxylation is 1. The summed E-state index contributed by atoms with van der Waals surface area (Å²) in [6, 6.07) is 1.27. The Balaban J connectivity index is 2.63. The molecular weight excluding hydrogens is 316 g/mol. The average molecular weight is 337 g/mol. The molecule has 0 unspecified atom stereocenters. The van der Waals surface area contributed by atoms with Gasteiger partial charge in [-0.05, 0) is 18.9 Å². The van der Waals surface area contributed by atoms with Crippen molar-refractivity contribution < 1.29 is 17.9 Å². The summed E-state index contributed by atoms with van der Waals surface area (Å²) in [6.45, 7) is 7.78. The highest BCUT2D eigenvalue weighted by molar-refractivity contribution is 8.13. The monoisotopic (exact) mass is 336 g/mol. The summed E-state index contributed by atoms with van der Waals surface area (Å²) in [7, 11) is 1.45. The molecular formula is C13H21ClN2O4S. The molecule has 1 N–H and O–H groups in total. The molecule has 0 saturated heterocycles. The number of ether oxygens (including phenoxy) is 1. The van der Waals surface area contributed by atoms with Crippen molar-refractivity contribution in [2.45, 2.75) is 32.2 Å². The van der Waals surface area contributed by atoms with E-state index in [9.17, 15) is 13.2 Å². The standard InChI is InChI=1S/C13H21ClN2O4S/c1-4-16-8-11(21(14,18)19)7-12(16)13(17)15-5-6-20-9-10(2)3/h7-8,10H,4-6,9H2,1-3H3,(H,15,17). The van der Waals surface area contributed by atoms with E-state index < -0.39 is 9.05 Å². The highest BCUT2D eigenvalue weighted by Crippen LogP contribution is 2.18. The van der Waals surface area contributed by atoms with Gasteiger partial charge in [-0.2, -0.15) is 0 Å². The summed E-state index contributed by atoms with van der Waals surface area (Å²) in [5, 5.41) is 2.69. The van der Waals surface area contributed by atoms with E-state index in [2.05, 4.69) is 5.32 Å². The van der Waals surface area contributed by atoms with Crippen LogP contribution in [0.4, 0.5) is 0 Å². The lowest BCUT2D eigenvalue weighted by Gasteiger charge is -2.09. The van der Waals surface area contributed by atoms with Crippen molar-refractivity contribution in [2.75, 3.05) is 19.8 Å². The normalized spacial score (nSPS) is 11.9. The molecule has 0 fully saturated rings. The highest BCUT2D eigenvalue weighted by Gasteiger charge is 2.19. The SMILES string of the molecule is CCn1cc(S(=O)(=O)Cl)cc1C(=O)NCCOCC(C)C. The molecule has 6 nitrogen and oxygen atoms in total. The predicted molar refractivity (Wildman–Crippen MR) is 81.1 cm³/mol. The number of nitrogens with one attached hydrogen (secondary N) is 1. The number of carbonyl (C=O) groups excluding carboxylic acids is 1. The van der Waals surface area contributed by atoms with Gasteiger partial charge in [0.1, 0.15) is 10.6 Å². The third-order valence-electron chi connectivity index (χ3n) is 2.71. The zero-order valence-electron chi connectivity index (χ0n) is 12.4. The Bertz CT molecular complexity index is 581. The van der Waals surface area contributed by atoms with Crippen molar-refractivity contribution in [2.24, 2.45) is 5.92 Å². The summed E-state index contributed by atoms with van der Waals surface area (Å²) in [6.07, 6.45) is 1.35. The van der Waals surface area contributed by atoms with Gasteiger partial charge >= 0.3 is 0 Å². The lowest BCUT2D eigenvalue weighted by molar-refractivity contribution is 0.0878. The van der Waals surface area contributed by atoms with E-state index in [4.69, 9.17) is 15.4 Å². The maximum Gasteiger partial charge on any atom is 0.268 e. The first kappa shape index (κ1) is 18.0. The number of nitrogens with zero attached hydrogens (tertiary/aromatic N) is 1. The minimum atomic E-state index is -3.84. The molecule has 1 amide bonds. The van der Waals surface area contributed by atoms with Gasteiger partial charge in [0.15, 0.2) is 0 Å². The van der Waals surface area contributed by atoms with Gasteiger partial charge in [-0.25, -0.2) is 8.42 Å². The number of amides is 1. The third kappa shape index (κ3) is 5.68. The minimum absolute atomic E-state index is 0.0766. The Labute approximate surface area is 129 Å². The fourth-order valence-corrected chi connectivity index (χ4v) is 2.47. The second kappa shape index (κ2) is 7.82. The Morgan fingerprint density at radius 2 is 2.14 bits per heavy atom. The first-order valence-electron chi connectivity index (χ1n) is 6.76. The smallest absolute Gasteiger partial charge is 0.268 e. The molecule has 8 heteroatoms. The number of halogens is 1. The summed E-state index contributed by atoms with van der Waals surface area (Å²) in [4.78, 5) is 12.0. The third-order valence-corrected chi connectivity index (χ3v) is 4.03. The lowest BCUT2D eigenvalue weighted by atomic mass is 10.2. The minimum Gasteiger partial charge on any atom is -0.379 e. The molecule has 1 rings (SSSR count). The van der Waals surface area contributed by atoms with E-state index >= 15 is 0 Å². The van der Waals surface area contributed by atoms with Gasteiger partial charge in [-0.15, -0.1) is 0 Å². The molecule has 0 radical (unpaired) electrons. The number of hydrogen-bond acceptors (Lipinski definition) is 4. The second-order valence-corrected chi connectivity index (χ2v) is 7.58. The largest absolute Gasteiger partial charge is 0.379 e. The Kier molecular flexibility index (Phi) is 6.70. The first-order chi connectivity index (χ1) is 9.75. The highest BCUT2D eigenvalue weighted by atomic mass is 35.7. The first-order valence-corrected chi connectivity index (χ1v) is 9.07. The maximum atomic E-state index is 12.0. The van der Waals surface area contributed by atoms with E-state index in [0.29, 0.717) is 32.2 Å².